The van der Waals surface area contributed by atoms with Crippen LogP contribution in [0.1, 0.15) is 54.2 Å². The summed E-state index contributed by atoms with van der Waals surface area (Å²) in [5, 5.41) is 10.7. The van der Waals surface area contributed by atoms with Crippen molar-refractivity contribution in [3.05, 3.63) is 47.4 Å². The lowest BCUT2D eigenvalue weighted by Gasteiger charge is -2.19. The highest BCUT2D eigenvalue weighted by molar-refractivity contribution is 6.07. The van der Waals surface area contributed by atoms with Gasteiger partial charge in [0.2, 0.25) is 5.95 Å². The first kappa shape index (κ1) is 16.6. The van der Waals surface area contributed by atoms with Crippen molar-refractivity contribution in [2.75, 3.05) is 5.32 Å². The van der Waals surface area contributed by atoms with E-state index >= 15 is 0 Å². The predicted octanol–water partition coefficient (Wildman–Crippen LogP) is 2.99. The number of anilines is 1. The fraction of sp³-hybridized carbons (Fsp3) is 0.389. The van der Waals surface area contributed by atoms with Crippen LogP contribution in [0, 0.1) is 11.7 Å². The van der Waals surface area contributed by atoms with Gasteiger partial charge in [0.1, 0.15) is 6.33 Å². The van der Waals surface area contributed by atoms with Gasteiger partial charge in [0.15, 0.2) is 11.5 Å². The van der Waals surface area contributed by atoms with E-state index in [1.54, 1.807) is 6.33 Å². The van der Waals surface area contributed by atoms with E-state index in [9.17, 15) is 9.18 Å². The molecule has 2 atom stereocenters. The van der Waals surface area contributed by atoms with Gasteiger partial charge in [0, 0.05) is 5.69 Å². The van der Waals surface area contributed by atoms with Gasteiger partial charge >= 0.3 is 0 Å². The smallest absolute Gasteiger partial charge is 0.261 e. The Balaban J connectivity index is 1.75. The molecule has 4 rings (SSSR count). The third kappa shape index (κ3) is 2.71. The van der Waals surface area contributed by atoms with Gasteiger partial charge in [-0.25, -0.2) is 14.4 Å². The van der Waals surface area contributed by atoms with Crippen molar-refractivity contribution in [1.29, 1.82) is 0 Å². The molecule has 1 aliphatic carbocycles. The molecular formula is C18H19FN6O. The Labute approximate surface area is 149 Å². The van der Waals surface area contributed by atoms with Crippen LogP contribution in [0.3, 0.4) is 0 Å². The Morgan fingerprint density at radius 3 is 2.92 bits per heavy atom. The monoisotopic (exact) mass is 354 g/mol. The fourth-order valence-electron chi connectivity index (χ4n) is 3.68. The number of aromatic nitrogens is 5. The Hall–Kier alpha value is -2.90. The maximum absolute atomic E-state index is 13.0. The topological polar surface area (TPSA) is 85.1 Å². The number of carbonyl (C=O) groups is 1. The summed E-state index contributed by atoms with van der Waals surface area (Å²) in [5.41, 5.74) is 3.28. The first-order valence-corrected chi connectivity index (χ1v) is 8.73. The molecule has 3 heterocycles. The number of nitrogens with one attached hydrogen (secondary N) is 1. The molecule has 0 radical (unpaired) electrons. The van der Waals surface area contributed by atoms with E-state index in [2.05, 4.69) is 39.3 Å². The maximum atomic E-state index is 13.0. The third-order valence-corrected chi connectivity index (χ3v) is 5.23. The third-order valence-electron chi connectivity index (χ3n) is 5.23. The zero-order valence-corrected chi connectivity index (χ0v) is 14.6. The Kier molecular flexibility index (Phi) is 4.10. The molecule has 0 fully saturated rings. The summed E-state index contributed by atoms with van der Waals surface area (Å²) in [5.74, 6) is 0.0500. The minimum Gasteiger partial charge on any atom is -0.290 e. The molecule has 0 aliphatic heterocycles. The summed E-state index contributed by atoms with van der Waals surface area (Å²) >= 11 is 0. The lowest BCUT2D eigenvalue weighted by molar-refractivity contribution is 0.102. The summed E-state index contributed by atoms with van der Waals surface area (Å²) in [6, 6.07) is 1.92. The summed E-state index contributed by atoms with van der Waals surface area (Å²) < 4.78 is 14.9. The Morgan fingerprint density at radius 2 is 2.19 bits per heavy atom. The van der Waals surface area contributed by atoms with E-state index in [1.165, 1.54) is 11.3 Å². The van der Waals surface area contributed by atoms with Crippen molar-refractivity contribution in [3.8, 4) is 0 Å². The number of hydrogen-bond acceptors (Lipinski definition) is 5. The molecular weight excluding hydrogens is 335 g/mol. The number of halogens is 1. The van der Waals surface area contributed by atoms with Crippen molar-refractivity contribution in [3.63, 3.8) is 0 Å². The first-order chi connectivity index (χ1) is 12.6. The second kappa shape index (κ2) is 6.44. The van der Waals surface area contributed by atoms with Crippen LogP contribution in [0.5, 0.6) is 0 Å². The SMILES string of the molecule is CCC(C)C1CCc2c1cc(C(=O)Nc1ncc(F)cn1)c1nncn21. The molecule has 3 aromatic heterocycles. The van der Waals surface area contributed by atoms with Gasteiger partial charge in [-0.1, -0.05) is 20.3 Å². The molecule has 1 aliphatic rings. The molecule has 0 saturated carbocycles. The van der Waals surface area contributed by atoms with Gasteiger partial charge in [-0.2, -0.15) is 0 Å². The molecule has 2 unspecified atom stereocenters. The second-order valence-corrected chi connectivity index (χ2v) is 6.69. The molecule has 26 heavy (non-hydrogen) atoms. The molecule has 0 saturated heterocycles. The van der Waals surface area contributed by atoms with Crippen LogP contribution in [0.25, 0.3) is 5.65 Å². The number of nitrogens with zero attached hydrogens (tertiary/aromatic N) is 5. The van der Waals surface area contributed by atoms with Crippen LogP contribution in [0.15, 0.2) is 24.8 Å². The predicted molar refractivity (Wildman–Crippen MR) is 93.4 cm³/mol. The van der Waals surface area contributed by atoms with E-state index in [4.69, 9.17) is 0 Å². The second-order valence-electron chi connectivity index (χ2n) is 6.69. The lowest BCUT2D eigenvalue weighted by atomic mass is 9.87. The molecule has 7 nitrogen and oxygen atoms in total. The average Bonchev–Trinajstić information content (AvgIpc) is 3.28. The summed E-state index contributed by atoms with van der Waals surface area (Å²) in [4.78, 5) is 20.3. The highest BCUT2D eigenvalue weighted by Crippen LogP contribution is 2.40. The highest BCUT2D eigenvalue weighted by atomic mass is 19.1. The van der Waals surface area contributed by atoms with Gasteiger partial charge in [-0.15, -0.1) is 10.2 Å². The molecule has 3 aromatic rings. The number of amides is 1. The van der Waals surface area contributed by atoms with E-state index in [0.29, 0.717) is 23.0 Å². The van der Waals surface area contributed by atoms with Crippen LogP contribution in [-0.4, -0.2) is 30.5 Å². The molecule has 0 bridgehead atoms. The standard InChI is InChI=1S/C18H19FN6O/c1-3-10(2)12-4-5-15-13(12)6-14(16-24-22-9-25(15)16)17(26)23-18-20-7-11(19)8-21-18/h6-10,12H,3-5H2,1-2H3,(H,20,21,23,26). The van der Waals surface area contributed by atoms with E-state index < -0.39 is 5.82 Å². The minimum absolute atomic E-state index is 0.0491. The number of aryl methyl sites for hydroxylation is 1. The number of hydrogen-bond donors (Lipinski definition) is 1. The van der Waals surface area contributed by atoms with Crippen molar-refractivity contribution < 1.29 is 9.18 Å². The van der Waals surface area contributed by atoms with Gasteiger partial charge < -0.3 is 0 Å². The van der Waals surface area contributed by atoms with Gasteiger partial charge in [-0.05, 0) is 36.3 Å². The van der Waals surface area contributed by atoms with Gasteiger partial charge in [0.05, 0.1) is 18.0 Å². The lowest BCUT2D eigenvalue weighted by Crippen LogP contribution is -2.17. The fourth-order valence-corrected chi connectivity index (χ4v) is 3.68. The highest BCUT2D eigenvalue weighted by Gasteiger charge is 2.31. The number of fused-ring (bicyclic) bond motifs is 3. The molecule has 134 valence electrons. The quantitative estimate of drug-likeness (QED) is 0.778. The maximum Gasteiger partial charge on any atom is 0.261 e. The van der Waals surface area contributed by atoms with Crippen LogP contribution in [-0.2, 0) is 6.42 Å². The largest absolute Gasteiger partial charge is 0.290 e. The number of rotatable bonds is 4. The van der Waals surface area contributed by atoms with Crippen molar-refractivity contribution >= 4 is 17.5 Å². The van der Waals surface area contributed by atoms with Crippen molar-refractivity contribution in [1.82, 2.24) is 24.6 Å². The number of pyridine rings is 1. The van der Waals surface area contributed by atoms with Crippen molar-refractivity contribution in [2.24, 2.45) is 5.92 Å². The van der Waals surface area contributed by atoms with E-state index in [1.807, 2.05) is 10.5 Å². The molecule has 1 amide bonds. The Morgan fingerprint density at radius 1 is 1.42 bits per heavy atom. The van der Waals surface area contributed by atoms with Gasteiger partial charge in [0.25, 0.3) is 5.91 Å². The van der Waals surface area contributed by atoms with Crippen molar-refractivity contribution in [2.45, 2.75) is 39.0 Å². The summed E-state index contributed by atoms with van der Waals surface area (Å²) in [6.45, 7) is 4.42. The molecule has 1 N–H and O–H groups in total. The zero-order chi connectivity index (χ0) is 18.3. The van der Waals surface area contributed by atoms with Gasteiger partial charge in [-0.3, -0.25) is 14.5 Å². The molecule has 0 aromatic carbocycles. The van der Waals surface area contributed by atoms with E-state index in [0.717, 1.165) is 31.7 Å². The number of carbonyl (C=O) groups excluding carboxylic acids is 1. The Bertz CT molecular complexity index is 968. The first-order valence-electron chi connectivity index (χ1n) is 8.73. The van der Waals surface area contributed by atoms with Crippen LogP contribution >= 0.6 is 0 Å². The molecule has 8 heteroatoms. The minimum atomic E-state index is -0.559. The van der Waals surface area contributed by atoms with E-state index in [-0.39, 0.29) is 11.9 Å². The molecule has 0 spiro atoms. The van der Waals surface area contributed by atoms with Crippen LogP contribution in [0.4, 0.5) is 10.3 Å². The average molecular weight is 354 g/mol. The summed E-state index contributed by atoms with van der Waals surface area (Å²) in [7, 11) is 0. The van der Waals surface area contributed by atoms with Crippen LogP contribution in [0.2, 0.25) is 0 Å². The summed E-state index contributed by atoms with van der Waals surface area (Å²) in [6.07, 6.45) is 6.76. The zero-order valence-electron chi connectivity index (χ0n) is 14.6. The van der Waals surface area contributed by atoms with Crippen LogP contribution < -0.4 is 5.32 Å². The normalized spacial score (nSPS) is 17.3.